The fourth-order valence-electron chi connectivity index (χ4n) is 6.09. The Morgan fingerprint density at radius 1 is 0.824 bits per heavy atom. The Morgan fingerprint density at radius 3 is 2.12 bits per heavy atom. The van der Waals surface area contributed by atoms with Gasteiger partial charge < -0.3 is 5.32 Å². The molecule has 1 saturated carbocycles. The number of hydrogen-bond acceptors (Lipinski definition) is 3. The average Bonchev–Trinajstić information content (AvgIpc) is 3.16. The van der Waals surface area contributed by atoms with Crippen molar-refractivity contribution in [2.24, 2.45) is 23.7 Å². The van der Waals surface area contributed by atoms with Crippen LogP contribution in [0.3, 0.4) is 0 Å². The molecule has 2 bridgehead atoms. The zero-order chi connectivity index (χ0) is 23.2. The molecule has 5 heteroatoms. The monoisotopic (exact) mass is 450 g/mol. The molecule has 1 saturated heterocycles. The van der Waals surface area contributed by atoms with Crippen LogP contribution in [0, 0.1) is 23.7 Å². The Morgan fingerprint density at radius 2 is 1.44 bits per heavy atom. The molecule has 0 radical (unpaired) electrons. The van der Waals surface area contributed by atoms with Crippen molar-refractivity contribution in [3.63, 3.8) is 0 Å². The van der Waals surface area contributed by atoms with Crippen LogP contribution in [-0.4, -0.2) is 28.7 Å². The first-order chi connectivity index (χ1) is 16.6. The highest BCUT2D eigenvalue weighted by Gasteiger charge is 2.58. The number of rotatable bonds is 5. The van der Waals surface area contributed by atoms with Gasteiger partial charge in [0.2, 0.25) is 17.7 Å². The van der Waals surface area contributed by atoms with E-state index in [-0.39, 0.29) is 47.8 Å². The van der Waals surface area contributed by atoms with Crippen molar-refractivity contribution in [1.82, 2.24) is 4.90 Å². The second-order valence-corrected chi connectivity index (χ2v) is 9.61. The van der Waals surface area contributed by atoms with Crippen molar-refractivity contribution in [2.45, 2.75) is 25.3 Å². The number of anilines is 1. The first-order valence-corrected chi connectivity index (χ1v) is 12.0. The number of hydrogen-bond donors (Lipinski definition) is 1. The molecule has 3 amide bonds. The van der Waals surface area contributed by atoms with Gasteiger partial charge in [0.05, 0.1) is 11.8 Å². The van der Waals surface area contributed by atoms with Crippen LogP contribution in [0.2, 0.25) is 0 Å². The van der Waals surface area contributed by atoms with E-state index in [2.05, 4.69) is 17.5 Å². The third-order valence-electron chi connectivity index (χ3n) is 7.73. The summed E-state index contributed by atoms with van der Waals surface area (Å²) in [6, 6.07) is 22.3. The van der Waals surface area contributed by atoms with Crippen molar-refractivity contribution in [3.8, 4) is 0 Å². The van der Waals surface area contributed by atoms with Gasteiger partial charge >= 0.3 is 0 Å². The highest BCUT2D eigenvalue weighted by atomic mass is 16.2. The lowest BCUT2D eigenvalue weighted by molar-refractivity contribution is -0.146. The second-order valence-electron chi connectivity index (χ2n) is 9.61. The third kappa shape index (κ3) is 3.35. The lowest BCUT2D eigenvalue weighted by atomic mass is 9.63. The van der Waals surface area contributed by atoms with Crippen molar-refractivity contribution < 1.29 is 14.4 Å². The van der Waals surface area contributed by atoms with E-state index in [0.29, 0.717) is 5.69 Å². The standard InChI is InChI=1S/C29H26N2O3/c32-27(30-23-12-6-10-19-9-4-5-11-22(19)23)24(17-18-7-2-1-3-8-18)31-28(33)25-20-13-14-21(16-15-20)26(25)29(31)34/h1-14,20-21,24-26H,15-17H2,(H,30,32)/t20-,21-,24+,25-,26+/m0/s1. The van der Waals surface area contributed by atoms with Gasteiger partial charge in [-0.15, -0.1) is 0 Å². The predicted molar refractivity (Wildman–Crippen MR) is 131 cm³/mol. The zero-order valence-corrected chi connectivity index (χ0v) is 18.8. The number of carbonyl (C=O) groups is 3. The minimum atomic E-state index is -0.897. The summed E-state index contributed by atoms with van der Waals surface area (Å²) in [5, 5.41) is 4.98. The molecule has 5 atom stereocenters. The first-order valence-electron chi connectivity index (χ1n) is 12.0. The fraction of sp³-hybridized carbons (Fsp3) is 0.276. The van der Waals surface area contributed by atoms with Gasteiger partial charge in [-0.2, -0.15) is 0 Å². The molecular weight excluding hydrogens is 424 g/mol. The van der Waals surface area contributed by atoms with Gasteiger partial charge in [-0.3, -0.25) is 19.3 Å². The second kappa shape index (κ2) is 8.24. The average molecular weight is 451 g/mol. The number of benzene rings is 3. The van der Waals surface area contributed by atoms with Crippen LogP contribution in [0.5, 0.6) is 0 Å². The van der Waals surface area contributed by atoms with Crippen LogP contribution in [0.1, 0.15) is 18.4 Å². The van der Waals surface area contributed by atoms with E-state index in [1.54, 1.807) is 0 Å². The topological polar surface area (TPSA) is 66.5 Å². The molecule has 4 aliphatic rings. The number of likely N-dealkylation sites (tertiary alicyclic amines) is 1. The molecule has 1 heterocycles. The summed E-state index contributed by atoms with van der Waals surface area (Å²) in [6.45, 7) is 0. The molecule has 1 aliphatic heterocycles. The molecule has 7 rings (SSSR count). The van der Waals surface area contributed by atoms with E-state index in [1.165, 1.54) is 4.90 Å². The molecule has 34 heavy (non-hydrogen) atoms. The summed E-state index contributed by atoms with van der Waals surface area (Å²) in [7, 11) is 0. The molecule has 3 aliphatic carbocycles. The number of fused-ring (bicyclic) bond motifs is 2. The molecule has 0 spiro atoms. The third-order valence-corrected chi connectivity index (χ3v) is 7.73. The molecule has 3 aromatic rings. The fourth-order valence-corrected chi connectivity index (χ4v) is 6.09. The van der Waals surface area contributed by atoms with Gasteiger partial charge in [0.1, 0.15) is 6.04 Å². The maximum absolute atomic E-state index is 13.8. The molecule has 2 fully saturated rings. The minimum Gasteiger partial charge on any atom is -0.324 e. The van der Waals surface area contributed by atoms with E-state index in [0.717, 1.165) is 29.2 Å². The predicted octanol–water partition coefficient (Wildman–Crippen LogP) is 4.59. The maximum atomic E-state index is 13.8. The summed E-state index contributed by atoms with van der Waals surface area (Å²) < 4.78 is 0. The van der Waals surface area contributed by atoms with Crippen LogP contribution < -0.4 is 5.32 Å². The van der Waals surface area contributed by atoms with Gasteiger partial charge in [-0.25, -0.2) is 0 Å². The van der Waals surface area contributed by atoms with E-state index in [1.807, 2.05) is 72.8 Å². The largest absolute Gasteiger partial charge is 0.324 e. The lowest BCUT2D eigenvalue weighted by Gasteiger charge is -2.38. The smallest absolute Gasteiger partial charge is 0.248 e. The summed E-state index contributed by atoms with van der Waals surface area (Å²) in [4.78, 5) is 42.3. The van der Waals surface area contributed by atoms with E-state index in [4.69, 9.17) is 0 Å². The number of imide groups is 1. The van der Waals surface area contributed by atoms with Crippen molar-refractivity contribution in [3.05, 3.63) is 90.5 Å². The van der Waals surface area contributed by atoms with Crippen LogP contribution in [0.15, 0.2) is 84.9 Å². The number of amides is 3. The summed E-state index contributed by atoms with van der Waals surface area (Å²) >= 11 is 0. The van der Waals surface area contributed by atoms with Gasteiger partial charge in [-0.05, 0) is 41.7 Å². The number of nitrogens with zero attached hydrogens (tertiary/aromatic N) is 1. The van der Waals surface area contributed by atoms with Gasteiger partial charge in [0, 0.05) is 17.5 Å². The van der Waals surface area contributed by atoms with Crippen LogP contribution in [0.25, 0.3) is 10.8 Å². The lowest BCUT2D eigenvalue weighted by Crippen LogP contribution is -2.49. The Hall–Kier alpha value is -3.73. The quantitative estimate of drug-likeness (QED) is 0.457. The van der Waals surface area contributed by atoms with Gasteiger partial charge in [0.25, 0.3) is 0 Å². The van der Waals surface area contributed by atoms with Crippen LogP contribution in [0.4, 0.5) is 5.69 Å². The first kappa shape index (κ1) is 20.8. The highest BCUT2D eigenvalue weighted by Crippen LogP contribution is 2.50. The summed E-state index contributed by atoms with van der Waals surface area (Å²) in [5.74, 6) is -1.20. The Kier molecular flexibility index (Phi) is 5.05. The molecule has 170 valence electrons. The van der Waals surface area contributed by atoms with E-state index >= 15 is 0 Å². The molecule has 3 aromatic carbocycles. The SMILES string of the molecule is O=C(Nc1cccc2ccccc12)[C@@H](Cc1ccccc1)N1C(=O)[C@@H]2[C@H](C1=O)[C@H]1C=C[C@H]2CC1. The number of nitrogens with one attached hydrogen (secondary N) is 1. The molecule has 0 aromatic heterocycles. The normalized spacial score (nSPS) is 26.1. The minimum absolute atomic E-state index is 0.0925. The summed E-state index contributed by atoms with van der Waals surface area (Å²) in [6.07, 6.45) is 6.36. The maximum Gasteiger partial charge on any atom is 0.248 e. The summed E-state index contributed by atoms with van der Waals surface area (Å²) in [5.41, 5.74) is 1.59. The van der Waals surface area contributed by atoms with Crippen LogP contribution in [-0.2, 0) is 20.8 Å². The Bertz CT molecular complexity index is 1280. The zero-order valence-electron chi connectivity index (χ0n) is 18.8. The van der Waals surface area contributed by atoms with Crippen molar-refractivity contribution >= 4 is 34.2 Å². The number of allylic oxidation sites excluding steroid dienone is 2. The number of carbonyl (C=O) groups excluding carboxylic acids is 3. The molecule has 0 unspecified atom stereocenters. The van der Waals surface area contributed by atoms with E-state index in [9.17, 15) is 14.4 Å². The highest BCUT2D eigenvalue weighted by molar-refractivity contribution is 6.12. The van der Waals surface area contributed by atoms with E-state index < -0.39 is 6.04 Å². The molecule has 5 nitrogen and oxygen atoms in total. The molecule has 1 N–H and O–H groups in total. The van der Waals surface area contributed by atoms with Gasteiger partial charge in [0.15, 0.2) is 0 Å². The van der Waals surface area contributed by atoms with Gasteiger partial charge in [-0.1, -0.05) is 78.9 Å². The van der Waals surface area contributed by atoms with Crippen molar-refractivity contribution in [2.75, 3.05) is 5.32 Å². The Labute approximate surface area is 198 Å². The van der Waals surface area contributed by atoms with Crippen LogP contribution >= 0.6 is 0 Å². The Balaban J connectivity index is 1.36. The molecular formula is C29H26N2O3. The van der Waals surface area contributed by atoms with Crippen molar-refractivity contribution in [1.29, 1.82) is 0 Å².